The summed E-state index contributed by atoms with van der Waals surface area (Å²) < 4.78 is 38.1. The summed E-state index contributed by atoms with van der Waals surface area (Å²) in [4.78, 5) is 17.2. The van der Waals surface area contributed by atoms with E-state index in [1.54, 1.807) is 18.2 Å². The summed E-state index contributed by atoms with van der Waals surface area (Å²) in [6.45, 7) is -0.226. The van der Waals surface area contributed by atoms with Gasteiger partial charge in [0.1, 0.15) is 5.82 Å². The maximum absolute atomic E-state index is 12.7. The summed E-state index contributed by atoms with van der Waals surface area (Å²) in [5.74, 6) is -0.475. The number of benzene rings is 1. The first-order valence-corrected chi connectivity index (χ1v) is 7.42. The smallest absolute Gasteiger partial charge is 0.350 e. The molecule has 1 amide bonds. The molecular weight excluding hydrogens is 366 g/mol. The van der Waals surface area contributed by atoms with Gasteiger partial charge in [-0.05, 0) is 24.3 Å². The molecular formula is C15H12Cl2F3N3O. The molecule has 0 spiro atoms. The molecule has 0 bridgehead atoms. The second kappa shape index (κ2) is 7.27. The third-order valence-corrected chi connectivity index (χ3v) is 3.70. The number of aromatic nitrogens is 1. The van der Waals surface area contributed by atoms with Gasteiger partial charge >= 0.3 is 6.18 Å². The number of likely N-dealkylation sites (N-methyl/N-ethyl adjacent to an activating group) is 1. The van der Waals surface area contributed by atoms with Crippen LogP contribution in [-0.4, -0.2) is 24.5 Å². The Morgan fingerprint density at radius 3 is 2.46 bits per heavy atom. The van der Waals surface area contributed by atoms with Crippen LogP contribution in [0.4, 0.5) is 24.7 Å². The van der Waals surface area contributed by atoms with Crippen molar-refractivity contribution in [3.8, 4) is 0 Å². The van der Waals surface area contributed by atoms with Crippen LogP contribution in [0, 0.1) is 0 Å². The van der Waals surface area contributed by atoms with Crippen LogP contribution in [0.2, 0.25) is 10.0 Å². The number of rotatable bonds is 4. The molecule has 2 aromatic rings. The number of nitrogens with one attached hydrogen (secondary N) is 1. The minimum Gasteiger partial charge on any atom is -0.350 e. The van der Waals surface area contributed by atoms with Crippen molar-refractivity contribution in [1.82, 2.24) is 4.98 Å². The topological polar surface area (TPSA) is 45.2 Å². The predicted molar refractivity (Wildman–Crippen MR) is 87.6 cm³/mol. The number of hydrogen-bond donors (Lipinski definition) is 1. The number of hydrogen-bond acceptors (Lipinski definition) is 3. The quantitative estimate of drug-likeness (QED) is 0.853. The molecule has 9 heteroatoms. The summed E-state index contributed by atoms with van der Waals surface area (Å²) in [6.07, 6.45) is -3.44. The number of carbonyl (C=O) groups excluding carboxylic acids is 1. The van der Waals surface area contributed by atoms with Crippen molar-refractivity contribution in [2.24, 2.45) is 0 Å². The van der Waals surface area contributed by atoms with E-state index < -0.39 is 17.6 Å². The largest absolute Gasteiger partial charge is 0.416 e. The summed E-state index contributed by atoms with van der Waals surface area (Å²) >= 11 is 11.9. The average Bonchev–Trinajstić information content (AvgIpc) is 2.50. The Morgan fingerprint density at radius 1 is 1.25 bits per heavy atom. The lowest BCUT2D eigenvalue weighted by Gasteiger charge is -2.19. The van der Waals surface area contributed by atoms with Gasteiger partial charge in [0.2, 0.25) is 5.91 Å². The molecule has 24 heavy (non-hydrogen) atoms. The maximum Gasteiger partial charge on any atom is 0.416 e. The van der Waals surface area contributed by atoms with E-state index in [1.165, 1.54) is 11.9 Å². The third-order valence-electron chi connectivity index (χ3n) is 3.07. The second-order valence-electron chi connectivity index (χ2n) is 4.90. The normalized spacial score (nSPS) is 11.2. The fourth-order valence-electron chi connectivity index (χ4n) is 1.90. The Morgan fingerprint density at radius 2 is 1.88 bits per heavy atom. The number of alkyl halides is 3. The molecule has 4 nitrogen and oxygen atoms in total. The average molecular weight is 378 g/mol. The Bertz CT molecular complexity index is 733. The van der Waals surface area contributed by atoms with Gasteiger partial charge in [0.25, 0.3) is 0 Å². The van der Waals surface area contributed by atoms with E-state index in [0.29, 0.717) is 0 Å². The van der Waals surface area contributed by atoms with Gasteiger partial charge in [-0.15, -0.1) is 0 Å². The first kappa shape index (κ1) is 18.4. The lowest BCUT2D eigenvalue weighted by molar-refractivity contribution is -0.137. The molecule has 2 rings (SSSR count). The van der Waals surface area contributed by atoms with E-state index >= 15 is 0 Å². The number of carbonyl (C=O) groups is 1. The first-order chi connectivity index (χ1) is 11.2. The van der Waals surface area contributed by atoms with Gasteiger partial charge in [-0.3, -0.25) is 4.79 Å². The standard InChI is InChI=1S/C15H12Cl2F3N3O/c1-23(12-7-9(5-6-21-12)15(18,19)20)8-13(24)22-14-10(16)3-2-4-11(14)17/h2-7H,8H2,1H3,(H,22,24). The lowest BCUT2D eigenvalue weighted by Crippen LogP contribution is -2.31. The molecule has 0 aliphatic rings. The highest BCUT2D eigenvalue weighted by Crippen LogP contribution is 2.31. The molecule has 1 N–H and O–H groups in total. The second-order valence-corrected chi connectivity index (χ2v) is 5.72. The van der Waals surface area contributed by atoms with Gasteiger partial charge < -0.3 is 10.2 Å². The van der Waals surface area contributed by atoms with Crippen molar-refractivity contribution in [3.63, 3.8) is 0 Å². The van der Waals surface area contributed by atoms with Crippen molar-refractivity contribution in [2.45, 2.75) is 6.18 Å². The molecule has 0 aliphatic carbocycles. The molecule has 128 valence electrons. The molecule has 0 fully saturated rings. The van der Waals surface area contributed by atoms with Crippen LogP contribution < -0.4 is 10.2 Å². The minimum atomic E-state index is -4.48. The highest BCUT2D eigenvalue weighted by atomic mass is 35.5. The summed E-state index contributed by atoms with van der Waals surface area (Å²) in [5, 5.41) is 3.05. The zero-order valence-corrected chi connectivity index (χ0v) is 13.9. The number of amides is 1. The Labute approximate surface area is 146 Å². The maximum atomic E-state index is 12.7. The Hall–Kier alpha value is -1.99. The number of nitrogens with zero attached hydrogens (tertiary/aromatic N) is 2. The highest BCUT2D eigenvalue weighted by Gasteiger charge is 2.31. The molecule has 1 heterocycles. The van der Waals surface area contributed by atoms with E-state index in [-0.39, 0.29) is 28.1 Å². The van der Waals surface area contributed by atoms with E-state index in [9.17, 15) is 18.0 Å². The zero-order chi connectivity index (χ0) is 17.9. The monoisotopic (exact) mass is 377 g/mol. The Balaban J connectivity index is 2.09. The van der Waals surface area contributed by atoms with Gasteiger partial charge in [-0.25, -0.2) is 4.98 Å². The van der Waals surface area contributed by atoms with Crippen molar-refractivity contribution in [1.29, 1.82) is 0 Å². The number of para-hydroxylation sites is 1. The molecule has 1 aromatic heterocycles. The predicted octanol–water partition coefficient (Wildman–Crippen LogP) is 4.48. The fraction of sp³-hybridized carbons (Fsp3) is 0.200. The van der Waals surface area contributed by atoms with Crippen LogP contribution in [0.1, 0.15) is 5.56 Å². The molecule has 0 saturated carbocycles. The van der Waals surface area contributed by atoms with E-state index in [2.05, 4.69) is 10.3 Å². The highest BCUT2D eigenvalue weighted by molar-refractivity contribution is 6.39. The number of halogens is 5. The Kier molecular flexibility index (Phi) is 5.56. The third kappa shape index (κ3) is 4.52. The van der Waals surface area contributed by atoms with Gasteiger partial charge in [0.15, 0.2) is 0 Å². The van der Waals surface area contributed by atoms with Crippen LogP contribution in [-0.2, 0) is 11.0 Å². The minimum absolute atomic E-state index is 0.0187. The molecule has 0 atom stereocenters. The van der Waals surface area contributed by atoms with Crippen LogP contribution >= 0.6 is 23.2 Å². The van der Waals surface area contributed by atoms with E-state index in [1.807, 2.05) is 0 Å². The zero-order valence-electron chi connectivity index (χ0n) is 12.4. The van der Waals surface area contributed by atoms with Crippen molar-refractivity contribution in [2.75, 3.05) is 23.8 Å². The molecule has 0 radical (unpaired) electrons. The molecule has 0 saturated heterocycles. The summed E-state index contributed by atoms with van der Waals surface area (Å²) in [6, 6.07) is 6.47. The van der Waals surface area contributed by atoms with Crippen LogP contribution in [0.3, 0.4) is 0 Å². The molecule has 0 unspecified atom stereocenters. The van der Waals surface area contributed by atoms with Crippen molar-refractivity contribution < 1.29 is 18.0 Å². The van der Waals surface area contributed by atoms with Crippen LogP contribution in [0.15, 0.2) is 36.5 Å². The molecule has 0 aliphatic heterocycles. The van der Waals surface area contributed by atoms with E-state index in [4.69, 9.17) is 23.2 Å². The number of anilines is 2. The van der Waals surface area contributed by atoms with E-state index in [0.717, 1.165) is 18.3 Å². The fourth-order valence-corrected chi connectivity index (χ4v) is 2.39. The van der Waals surface area contributed by atoms with Gasteiger partial charge in [0.05, 0.1) is 27.8 Å². The first-order valence-electron chi connectivity index (χ1n) is 6.66. The summed E-state index contributed by atoms with van der Waals surface area (Å²) in [5.41, 5.74) is -0.592. The van der Waals surface area contributed by atoms with Crippen LogP contribution in [0.5, 0.6) is 0 Å². The van der Waals surface area contributed by atoms with Gasteiger partial charge in [0, 0.05) is 13.2 Å². The lowest BCUT2D eigenvalue weighted by atomic mass is 10.2. The SMILES string of the molecule is CN(CC(=O)Nc1c(Cl)cccc1Cl)c1cc(C(F)(F)F)ccn1. The summed E-state index contributed by atoms with van der Waals surface area (Å²) in [7, 11) is 1.45. The van der Waals surface area contributed by atoms with Gasteiger partial charge in [-0.2, -0.15) is 13.2 Å². The van der Waals surface area contributed by atoms with Gasteiger partial charge in [-0.1, -0.05) is 29.3 Å². The van der Waals surface area contributed by atoms with Crippen molar-refractivity contribution in [3.05, 3.63) is 52.1 Å². The van der Waals surface area contributed by atoms with Crippen molar-refractivity contribution >= 4 is 40.6 Å². The van der Waals surface area contributed by atoms with Crippen LogP contribution in [0.25, 0.3) is 0 Å². The molecule has 1 aromatic carbocycles. The number of pyridine rings is 1.